The summed E-state index contributed by atoms with van der Waals surface area (Å²) in [5.41, 5.74) is 2.33. The van der Waals surface area contributed by atoms with Gasteiger partial charge in [-0.05, 0) is 105 Å². The maximum absolute atomic E-state index is 11.6. The second-order valence-electron chi connectivity index (χ2n) is 12.7. The Bertz CT molecular complexity index is 1630. The summed E-state index contributed by atoms with van der Waals surface area (Å²) in [6.07, 6.45) is 6.44. The molecule has 0 saturated carbocycles. The lowest BCUT2D eigenvalue weighted by Crippen LogP contribution is -2.41. The van der Waals surface area contributed by atoms with E-state index in [0.29, 0.717) is 35.4 Å². The number of hydrogen-bond donors (Lipinski definition) is 6. The summed E-state index contributed by atoms with van der Waals surface area (Å²) in [5, 5.41) is 36.4. The van der Waals surface area contributed by atoms with Crippen LogP contribution in [0.5, 0.6) is 11.5 Å². The minimum Gasteiger partial charge on any atom is -0.506 e. The number of aliphatic hydroxyl groups excluding tert-OH is 1. The first-order valence-electron chi connectivity index (χ1n) is 17.1. The van der Waals surface area contributed by atoms with Crippen molar-refractivity contribution in [1.29, 1.82) is 0 Å². The molecule has 0 spiro atoms. The van der Waals surface area contributed by atoms with Gasteiger partial charge in [-0.2, -0.15) is 0 Å². The van der Waals surface area contributed by atoms with Crippen LogP contribution in [-0.4, -0.2) is 70.6 Å². The first-order chi connectivity index (χ1) is 23.4. The van der Waals surface area contributed by atoms with Gasteiger partial charge >= 0.3 is 6.09 Å². The first-order valence-corrected chi connectivity index (χ1v) is 17.1. The number of rotatable bonds is 14. The van der Waals surface area contributed by atoms with Gasteiger partial charge in [0.15, 0.2) is 0 Å². The molecule has 3 fully saturated rings. The number of phenolic OH excluding ortho intramolecular Hbond substituents is 1. The third-order valence-electron chi connectivity index (χ3n) is 9.27. The number of ether oxygens (including phenoxy) is 1. The molecular weight excluding hydrogens is 608 g/mol. The molecular formula is C38H48N4O6. The lowest BCUT2D eigenvalue weighted by atomic mass is 9.89. The van der Waals surface area contributed by atoms with E-state index in [2.05, 4.69) is 20.5 Å². The fourth-order valence-corrected chi connectivity index (χ4v) is 6.57. The molecule has 3 aliphatic heterocycles. The van der Waals surface area contributed by atoms with E-state index in [1.54, 1.807) is 12.1 Å². The summed E-state index contributed by atoms with van der Waals surface area (Å²) >= 11 is 0. The highest BCUT2D eigenvalue weighted by molar-refractivity contribution is 5.87. The van der Waals surface area contributed by atoms with Gasteiger partial charge in [-0.3, -0.25) is 4.79 Å². The van der Waals surface area contributed by atoms with Crippen molar-refractivity contribution in [3.8, 4) is 11.5 Å². The van der Waals surface area contributed by atoms with Crippen LogP contribution in [0, 0.1) is 5.92 Å². The van der Waals surface area contributed by atoms with Crippen LogP contribution in [0.25, 0.3) is 10.9 Å². The third kappa shape index (κ3) is 10.1. The van der Waals surface area contributed by atoms with Crippen molar-refractivity contribution in [3.63, 3.8) is 0 Å². The Hall–Kier alpha value is -4.38. The second kappa shape index (κ2) is 17.7. The summed E-state index contributed by atoms with van der Waals surface area (Å²) in [5.74, 6) is 1.78. The molecule has 4 aromatic rings. The van der Waals surface area contributed by atoms with E-state index < -0.39 is 18.2 Å². The van der Waals surface area contributed by atoms with Crippen LogP contribution in [0.4, 0.5) is 4.79 Å². The standard InChI is InChI=1S/C31H35N3O6.C7H13N/c35-26-15-13-24(25-14-16-28(37)33-30(25)26)27(36)20-32-17-6-1-2-7-18-40-23-12-8-11-22(19-23)29(34-31(38)39)21-9-4-3-5-10-21;1-4-8-5-2-7(1)3-6-8/h3-5,8-16,19,27,29,32,34-36H,1-2,6-7,17-18,20H2,(H,33,37)(H,38,39);7H,1-6H2. The molecule has 48 heavy (non-hydrogen) atoms. The van der Waals surface area contributed by atoms with Crippen LogP contribution in [0.2, 0.25) is 0 Å². The average Bonchev–Trinajstić information content (AvgIpc) is 3.11. The van der Waals surface area contributed by atoms with E-state index in [4.69, 9.17) is 4.74 Å². The van der Waals surface area contributed by atoms with E-state index in [-0.39, 0.29) is 11.3 Å². The predicted molar refractivity (Wildman–Crippen MR) is 188 cm³/mol. The minimum atomic E-state index is -1.09. The van der Waals surface area contributed by atoms with E-state index in [1.165, 1.54) is 51.0 Å². The van der Waals surface area contributed by atoms with E-state index in [1.807, 2.05) is 54.6 Å². The number of amides is 1. The summed E-state index contributed by atoms with van der Waals surface area (Å²) in [7, 11) is 0. The van der Waals surface area contributed by atoms with Gasteiger partial charge in [-0.25, -0.2) is 4.79 Å². The number of unbranched alkanes of at least 4 members (excludes halogenated alkanes) is 3. The van der Waals surface area contributed by atoms with Crippen molar-refractivity contribution < 1.29 is 24.9 Å². The maximum Gasteiger partial charge on any atom is 0.405 e. The molecule has 2 bridgehead atoms. The van der Waals surface area contributed by atoms with Crippen LogP contribution >= 0.6 is 0 Å². The highest BCUT2D eigenvalue weighted by Gasteiger charge is 2.24. The Kier molecular flexibility index (Phi) is 12.9. The molecule has 3 aliphatic rings. The van der Waals surface area contributed by atoms with Gasteiger partial charge in [-0.1, -0.05) is 61.4 Å². The Morgan fingerprint density at radius 1 is 0.896 bits per heavy atom. The third-order valence-corrected chi connectivity index (χ3v) is 9.27. The molecule has 7 rings (SSSR count). The molecule has 0 aliphatic carbocycles. The Balaban J connectivity index is 0.000000485. The number of carbonyl (C=O) groups is 1. The van der Waals surface area contributed by atoms with Crippen molar-refractivity contribution >= 4 is 17.0 Å². The largest absolute Gasteiger partial charge is 0.506 e. The number of aromatic nitrogens is 1. The summed E-state index contributed by atoms with van der Waals surface area (Å²) in [4.78, 5) is 28.1. The van der Waals surface area contributed by atoms with Crippen LogP contribution in [-0.2, 0) is 0 Å². The summed E-state index contributed by atoms with van der Waals surface area (Å²) < 4.78 is 5.93. The molecule has 6 N–H and O–H groups in total. The number of hydrogen-bond acceptors (Lipinski definition) is 7. The topological polar surface area (TPSA) is 147 Å². The molecule has 3 aromatic carbocycles. The number of phenols is 1. The zero-order chi connectivity index (χ0) is 33.7. The van der Waals surface area contributed by atoms with Crippen molar-refractivity contribution in [2.45, 2.75) is 57.1 Å². The van der Waals surface area contributed by atoms with Gasteiger partial charge in [0.05, 0.1) is 24.3 Å². The monoisotopic (exact) mass is 656 g/mol. The van der Waals surface area contributed by atoms with E-state index in [0.717, 1.165) is 49.3 Å². The zero-order valence-corrected chi connectivity index (χ0v) is 27.4. The Morgan fingerprint density at radius 3 is 2.31 bits per heavy atom. The number of carboxylic acid groups (broad SMARTS) is 1. The normalized spacial score (nSPS) is 18.0. The highest BCUT2D eigenvalue weighted by atomic mass is 16.5. The second-order valence-corrected chi connectivity index (χ2v) is 12.7. The van der Waals surface area contributed by atoms with Gasteiger partial charge in [0, 0.05) is 18.0 Å². The predicted octanol–water partition coefficient (Wildman–Crippen LogP) is 5.96. The molecule has 256 valence electrons. The summed E-state index contributed by atoms with van der Waals surface area (Å²) in [6, 6.07) is 22.6. The fourth-order valence-electron chi connectivity index (χ4n) is 6.57. The van der Waals surface area contributed by atoms with Gasteiger partial charge in [0.2, 0.25) is 5.56 Å². The summed E-state index contributed by atoms with van der Waals surface area (Å²) in [6.45, 7) is 5.86. The van der Waals surface area contributed by atoms with Crippen molar-refractivity contribution in [2.24, 2.45) is 5.92 Å². The molecule has 1 amide bonds. The number of piperidine rings is 3. The number of aliphatic hydroxyl groups is 1. The smallest absolute Gasteiger partial charge is 0.405 e. The van der Waals surface area contributed by atoms with Crippen LogP contribution < -0.4 is 20.9 Å². The average molecular weight is 657 g/mol. The Morgan fingerprint density at radius 2 is 1.62 bits per heavy atom. The first kappa shape index (κ1) is 34.9. The molecule has 1 aromatic heterocycles. The molecule has 4 heterocycles. The lowest BCUT2D eigenvalue weighted by Gasteiger charge is -2.38. The lowest BCUT2D eigenvalue weighted by molar-refractivity contribution is 0.111. The fraction of sp³-hybridized carbons (Fsp3) is 0.421. The van der Waals surface area contributed by atoms with Gasteiger partial charge in [0.25, 0.3) is 0 Å². The maximum atomic E-state index is 11.6. The van der Waals surface area contributed by atoms with Crippen LogP contribution in [0.3, 0.4) is 0 Å². The minimum absolute atomic E-state index is 0.0279. The number of nitrogens with zero attached hydrogens (tertiary/aromatic N) is 1. The van der Waals surface area contributed by atoms with Crippen molar-refractivity contribution in [3.05, 3.63) is 106 Å². The Labute approximate surface area is 281 Å². The number of H-pyrrole nitrogens is 1. The number of aromatic amines is 1. The van der Waals surface area contributed by atoms with Gasteiger partial charge < -0.3 is 40.6 Å². The molecule has 2 unspecified atom stereocenters. The van der Waals surface area contributed by atoms with Gasteiger partial charge in [0.1, 0.15) is 11.5 Å². The molecule has 3 saturated heterocycles. The van der Waals surface area contributed by atoms with Crippen LogP contribution in [0.1, 0.15) is 73.8 Å². The SMILES string of the molecule is C1CN2CCC1CC2.O=C(O)NC(c1ccccc1)c1cccc(OCCCCCCNCC(O)c2ccc(O)c3[nH]c(=O)ccc23)c1. The number of nitrogens with one attached hydrogen (secondary N) is 3. The molecule has 2 atom stereocenters. The molecule has 0 radical (unpaired) electrons. The number of benzene rings is 3. The molecule has 10 nitrogen and oxygen atoms in total. The van der Waals surface area contributed by atoms with E-state index in [9.17, 15) is 24.9 Å². The quantitative estimate of drug-likeness (QED) is 0.0913. The number of aromatic hydroxyl groups is 1. The highest BCUT2D eigenvalue weighted by Crippen LogP contribution is 2.29. The molecule has 10 heteroatoms. The van der Waals surface area contributed by atoms with Crippen molar-refractivity contribution in [1.82, 2.24) is 20.5 Å². The number of pyridine rings is 1. The van der Waals surface area contributed by atoms with Crippen LogP contribution in [0.15, 0.2) is 83.7 Å². The zero-order valence-electron chi connectivity index (χ0n) is 27.4. The number of fused-ring (bicyclic) bond motifs is 4. The van der Waals surface area contributed by atoms with Crippen molar-refractivity contribution in [2.75, 3.05) is 39.3 Å². The van der Waals surface area contributed by atoms with E-state index >= 15 is 0 Å². The van der Waals surface area contributed by atoms with Gasteiger partial charge in [-0.15, -0.1) is 0 Å².